The molecular formula is C19H29NO2. The smallest absolute Gasteiger partial charge is 0.251 e. The van der Waals surface area contributed by atoms with Crippen LogP contribution >= 0.6 is 0 Å². The Bertz CT molecular complexity index is 475. The van der Waals surface area contributed by atoms with E-state index in [1.165, 1.54) is 5.56 Å². The van der Waals surface area contributed by atoms with Crippen LogP contribution in [0.2, 0.25) is 0 Å². The van der Waals surface area contributed by atoms with E-state index in [9.17, 15) is 9.59 Å². The van der Waals surface area contributed by atoms with Crippen molar-refractivity contribution >= 4 is 11.7 Å². The van der Waals surface area contributed by atoms with E-state index in [4.69, 9.17) is 0 Å². The van der Waals surface area contributed by atoms with E-state index in [0.29, 0.717) is 30.2 Å². The fraction of sp³-hybridized carbons (Fsp3) is 0.579. The van der Waals surface area contributed by atoms with Gasteiger partial charge in [-0.25, -0.2) is 0 Å². The Labute approximate surface area is 134 Å². The number of carbonyl (C=O) groups excluding carboxylic acids is 2. The van der Waals surface area contributed by atoms with Crippen LogP contribution in [0, 0.1) is 5.92 Å². The van der Waals surface area contributed by atoms with Gasteiger partial charge in [-0.2, -0.15) is 0 Å². The van der Waals surface area contributed by atoms with Crippen LogP contribution in [0.3, 0.4) is 0 Å². The number of Topliss-reactive ketones (excluding diaryl/α,β-unsaturated/α-hetero) is 1. The number of ketones is 1. The van der Waals surface area contributed by atoms with Gasteiger partial charge in [0.25, 0.3) is 5.91 Å². The molecule has 0 aromatic heterocycles. The van der Waals surface area contributed by atoms with Crippen molar-refractivity contribution in [1.29, 1.82) is 0 Å². The van der Waals surface area contributed by atoms with E-state index in [-0.39, 0.29) is 11.8 Å². The van der Waals surface area contributed by atoms with E-state index < -0.39 is 0 Å². The molecule has 0 atom stereocenters. The SMILES string of the molecule is CC(C)C(=O)CCCCCNC(=O)c1ccc(C(C)C)cc1. The zero-order valence-corrected chi connectivity index (χ0v) is 14.3. The van der Waals surface area contributed by atoms with Crippen molar-refractivity contribution in [3.63, 3.8) is 0 Å². The summed E-state index contributed by atoms with van der Waals surface area (Å²) in [7, 11) is 0. The van der Waals surface area contributed by atoms with Crippen LogP contribution in [0.4, 0.5) is 0 Å². The summed E-state index contributed by atoms with van der Waals surface area (Å²) in [6.45, 7) is 8.82. The Hall–Kier alpha value is -1.64. The summed E-state index contributed by atoms with van der Waals surface area (Å²) in [5, 5.41) is 2.93. The number of amides is 1. The number of unbranched alkanes of at least 4 members (excludes halogenated alkanes) is 2. The Morgan fingerprint density at radius 1 is 0.955 bits per heavy atom. The van der Waals surface area contributed by atoms with Gasteiger partial charge in [0, 0.05) is 24.4 Å². The van der Waals surface area contributed by atoms with Gasteiger partial charge in [-0.1, -0.05) is 46.2 Å². The molecule has 0 bridgehead atoms. The van der Waals surface area contributed by atoms with Crippen LogP contribution in [-0.2, 0) is 4.79 Å². The molecule has 0 radical (unpaired) electrons. The first-order chi connectivity index (χ1) is 10.4. The first kappa shape index (κ1) is 18.4. The van der Waals surface area contributed by atoms with Gasteiger partial charge in [0.15, 0.2) is 0 Å². The summed E-state index contributed by atoms with van der Waals surface area (Å²) >= 11 is 0. The predicted octanol–water partition coefficient (Wildman–Crippen LogP) is 4.33. The minimum atomic E-state index is -0.0198. The molecule has 1 aromatic rings. The Balaban J connectivity index is 2.22. The maximum absolute atomic E-state index is 12.0. The molecule has 0 aliphatic carbocycles. The number of benzene rings is 1. The number of nitrogens with one attached hydrogen (secondary N) is 1. The molecule has 1 amide bonds. The second kappa shape index (κ2) is 9.39. The molecule has 0 fully saturated rings. The summed E-state index contributed by atoms with van der Waals surface area (Å²) in [5.41, 5.74) is 1.95. The predicted molar refractivity (Wildman–Crippen MR) is 91.2 cm³/mol. The average Bonchev–Trinajstić information content (AvgIpc) is 2.50. The third-order valence-electron chi connectivity index (χ3n) is 3.87. The van der Waals surface area contributed by atoms with Gasteiger partial charge in [-0.05, 0) is 36.5 Å². The lowest BCUT2D eigenvalue weighted by Gasteiger charge is -2.08. The standard InChI is InChI=1S/C19H29NO2/c1-14(2)16-9-11-17(12-10-16)19(22)20-13-7-5-6-8-18(21)15(3)4/h9-12,14-15H,5-8,13H2,1-4H3,(H,20,22). The monoisotopic (exact) mass is 303 g/mol. The second-order valence-corrected chi connectivity index (χ2v) is 6.46. The molecule has 1 aromatic carbocycles. The molecule has 0 aliphatic heterocycles. The summed E-state index contributed by atoms with van der Waals surface area (Å²) in [6.07, 6.45) is 3.46. The molecule has 0 saturated carbocycles. The van der Waals surface area contributed by atoms with E-state index in [2.05, 4.69) is 19.2 Å². The van der Waals surface area contributed by atoms with Crippen LogP contribution in [0.25, 0.3) is 0 Å². The van der Waals surface area contributed by atoms with E-state index in [1.54, 1.807) is 0 Å². The van der Waals surface area contributed by atoms with Crippen LogP contribution in [0.15, 0.2) is 24.3 Å². The summed E-state index contributed by atoms with van der Waals surface area (Å²) in [6, 6.07) is 7.78. The van der Waals surface area contributed by atoms with Crippen molar-refractivity contribution < 1.29 is 9.59 Å². The highest BCUT2D eigenvalue weighted by Gasteiger charge is 2.07. The zero-order chi connectivity index (χ0) is 16.5. The fourth-order valence-corrected chi connectivity index (χ4v) is 2.21. The highest BCUT2D eigenvalue weighted by molar-refractivity contribution is 5.94. The molecule has 3 heteroatoms. The normalized spacial score (nSPS) is 11.0. The van der Waals surface area contributed by atoms with Gasteiger partial charge in [0.1, 0.15) is 5.78 Å². The summed E-state index contributed by atoms with van der Waals surface area (Å²) in [4.78, 5) is 23.5. The maximum Gasteiger partial charge on any atom is 0.251 e. The second-order valence-electron chi connectivity index (χ2n) is 6.46. The highest BCUT2D eigenvalue weighted by atomic mass is 16.1. The minimum absolute atomic E-state index is 0.0198. The molecule has 0 saturated heterocycles. The van der Waals surface area contributed by atoms with Crippen LogP contribution < -0.4 is 5.32 Å². The summed E-state index contributed by atoms with van der Waals surface area (Å²) < 4.78 is 0. The lowest BCUT2D eigenvalue weighted by molar-refractivity contribution is -0.122. The fourth-order valence-electron chi connectivity index (χ4n) is 2.21. The largest absolute Gasteiger partial charge is 0.352 e. The van der Waals surface area contributed by atoms with Gasteiger partial charge in [0.05, 0.1) is 0 Å². The van der Waals surface area contributed by atoms with E-state index in [1.807, 2.05) is 38.1 Å². The molecule has 1 rings (SSSR count). The van der Waals surface area contributed by atoms with Crippen molar-refractivity contribution in [3.8, 4) is 0 Å². The van der Waals surface area contributed by atoms with Crippen LogP contribution in [0.1, 0.15) is 75.2 Å². The quantitative estimate of drug-likeness (QED) is 0.690. The Kier molecular flexibility index (Phi) is 7.86. The van der Waals surface area contributed by atoms with E-state index >= 15 is 0 Å². The lowest BCUT2D eigenvalue weighted by Crippen LogP contribution is -2.24. The molecule has 0 aliphatic rings. The van der Waals surface area contributed by atoms with Crippen molar-refractivity contribution in [2.24, 2.45) is 5.92 Å². The van der Waals surface area contributed by atoms with Gasteiger partial charge in [-0.15, -0.1) is 0 Å². The molecule has 0 heterocycles. The van der Waals surface area contributed by atoms with Crippen molar-refractivity contribution in [3.05, 3.63) is 35.4 Å². The lowest BCUT2D eigenvalue weighted by atomic mass is 10.0. The van der Waals surface area contributed by atoms with Crippen LogP contribution in [0.5, 0.6) is 0 Å². The number of carbonyl (C=O) groups is 2. The third-order valence-corrected chi connectivity index (χ3v) is 3.87. The average molecular weight is 303 g/mol. The van der Waals surface area contributed by atoms with Gasteiger partial charge in [-0.3, -0.25) is 9.59 Å². The maximum atomic E-state index is 12.0. The topological polar surface area (TPSA) is 46.2 Å². The summed E-state index contributed by atoms with van der Waals surface area (Å²) in [5.74, 6) is 0.919. The minimum Gasteiger partial charge on any atom is -0.352 e. The first-order valence-electron chi connectivity index (χ1n) is 8.32. The number of rotatable bonds is 9. The molecule has 1 N–H and O–H groups in total. The third kappa shape index (κ3) is 6.42. The molecule has 3 nitrogen and oxygen atoms in total. The van der Waals surface area contributed by atoms with Crippen LogP contribution in [-0.4, -0.2) is 18.2 Å². The van der Waals surface area contributed by atoms with Gasteiger partial charge >= 0.3 is 0 Å². The van der Waals surface area contributed by atoms with Gasteiger partial charge < -0.3 is 5.32 Å². The van der Waals surface area contributed by atoms with Crippen molar-refractivity contribution in [2.75, 3.05) is 6.54 Å². The molecule has 22 heavy (non-hydrogen) atoms. The van der Waals surface area contributed by atoms with Crippen molar-refractivity contribution in [1.82, 2.24) is 5.32 Å². The molecular weight excluding hydrogens is 274 g/mol. The zero-order valence-electron chi connectivity index (χ0n) is 14.3. The highest BCUT2D eigenvalue weighted by Crippen LogP contribution is 2.14. The van der Waals surface area contributed by atoms with Gasteiger partial charge in [0.2, 0.25) is 0 Å². The number of hydrogen-bond donors (Lipinski definition) is 1. The molecule has 0 unspecified atom stereocenters. The van der Waals surface area contributed by atoms with Crippen molar-refractivity contribution in [2.45, 2.75) is 59.3 Å². The number of hydrogen-bond acceptors (Lipinski definition) is 2. The Morgan fingerprint density at radius 2 is 1.59 bits per heavy atom. The first-order valence-corrected chi connectivity index (χ1v) is 8.32. The Morgan fingerprint density at radius 3 is 2.14 bits per heavy atom. The molecule has 122 valence electrons. The van der Waals surface area contributed by atoms with E-state index in [0.717, 1.165) is 19.3 Å². The molecule has 0 spiro atoms.